The van der Waals surface area contributed by atoms with Crippen LogP contribution in [0.1, 0.15) is 12.0 Å². The van der Waals surface area contributed by atoms with Crippen LogP contribution >= 0.6 is 0 Å². The van der Waals surface area contributed by atoms with E-state index in [1.54, 1.807) is 6.08 Å². The van der Waals surface area contributed by atoms with E-state index in [0.717, 1.165) is 5.56 Å². The van der Waals surface area contributed by atoms with Crippen molar-refractivity contribution in [2.75, 3.05) is 19.8 Å². The summed E-state index contributed by atoms with van der Waals surface area (Å²) in [7, 11) is 0. The highest BCUT2D eigenvalue weighted by molar-refractivity contribution is 5.13. The summed E-state index contributed by atoms with van der Waals surface area (Å²) in [4.78, 5) is 10.1. The third-order valence-electron chi connectivity index (χ3n) is 2.41. The van der Waals surface area contributed by atoms with Crippen LogP contribution < -0.4 is 0 Å². The Morgan fingerprint density at radius 1 is 1.33 bits per heavy atom. The Hall–Kier alpha value is -1.52. The Morgan fingerprint density at radius 2 is 2.11 bits per heavy atom. The molecule has 18 heavy (non-hydrogen) atoms. The van der Waals surface area contributed by atoms with Crippen LogP contribution in [0.15, 0.2) is 48.2 Å². The average molecular weight is 249 g/mol. The molecule has 1 aromatic carbocycles. The lowest BCUT2D eigenvalue weighted by Gasteiger charge is -2.15. The molecule has 1 rings (SSSR count). The molecule has 0 amide bonds. The first kappa shape index (κ1) is 14.5. The largest absolute Gasteiger partial charge is 0.374 e. The van der Waals surface area contributed by atoms with Crippen molar-refractivity contribution in [1.82, 2.24) is 0 Å². The van der Waals surface area contributed by atoms with Gasteiger partial charge in [-0.2, -0.15) is 4.91 Å². The van der Waals surface area contributed by atoms with Crippen molar-refractivity contribution in [1.29, 1.82) is 0 Å². The van der Waals surface area contributed by atoms with Crippen LogP contribution in [0.3, 0.4) is 0 Å². The molecule has 0 bridgehead atoms. The maximum Gasteiger partial charge on any atom is 0.0836 e. The predicted molar refractivity (Wildman–Crippen MR) is 71.3 cm³/mol. The molecule has 0 aromatic heterocycles. The van der Waals surface area contributed by atoms with Crippen molar-refractivity contribution < 1.29 is 9.47 Å². The Kier molecular flexibility index (Phi) is 7.68. The van der Waals surface area contributed by atoms with Crippen molar-refractivity contribution in [3.05, 3.63) is 53.5 Å². The third-order valence-corrected chi connectivity index (χ3v) is 2.41. The van der Waals surface area contributed by atoms with Crippen LogP contribution in [0.4, 0.5) is 0 Å². The second-order valence-electron chi connectivity index (χ2n) is 3.89. The number of ether oxygens (including phenoxy) is 2. The van der Waals surface area contributed by atoms with E-state index in [-0.39, 0.29) is 12.6 Å². The molecular formula is C14H19NO3. The van der Waals surface area contributed by atoms with Crippen molar-refractivity contribution in [3.8, 4) is 0 Å². The second kappa shape index (κ2) is 9.50. The summed E-state index contributed by atoms with van der Waals surface area (Å²) < 4.78 is 11.1. The van der Waals surface area contributed by atoms with E-state index in [9.17, 15) is 4.91 Å². The molecule has 0 fully saturated rings. The molecule has 1 aromatic rings. The zero-order chi connectivity index (χ0) is 13.1. The number of nitroso groups, excluding NO2 is 1. The molecule has 0 aliphatic heterocycles. The minimum absolute atomic E-state index is 0.107. The highest BCUT2D eigenvalue weighted by Gasteiger charge is 2.08. The van der Waals surface area contributed by atoms with Gasteiger partial charge in [-0.25, -0.2) is 0 Å². The van der Waals surface area contributed by atoms with Gasteiger partial charge < -0.3 is 9.47 Å². The van der Waals surface area contributed by atoms with E-state index in [4.69, 9.17) is 9.47 Å². The Labute approximate surface area is 108 Å². The summed E-state index contributed by atoms with van der Waals surface area (Å²) >= 11 is 0. The molecule has 4 heteroatoms. The average Bonchev–Trinajstić information content (AvgIpc) is 2.42. The van der Waals surface area contributed by atoms with Gasteiger partial charge in [0.1, 0.15) is 0 Å². The number of rotatable bonds is 10. The molecule has 98 valence electrons. The van der Waals surface area contributed by atoms with Gasteiger partial charge in [0.25, 0.3) is 0 Å². The van der Waals surface area contributed by atoms with Crippen LogP contribution in [0.25, 0.3) is 0 Å². The standard InChI is InChI=1S/C14H19NO3/c1-2-10-18-14(8-9-15-16)12-17-11-13-6-4-3-5-7-13/h2-7,14H,1,8-12H2. The summed E-state index contributed by atoms with van der Waals surface area (Å²) in [6, 6.07) is 9.93. The van der Waals surface area contributed by atoms with E-state index >= 15 is 0 Å². The maximum absolute atomic E-state index is 10.1. The molecule has 0 aliphatic carbocycles. The Bertz CT molecular complexity index is 328. The van der Waals surface area contributed by atoms with Gasteiger partial charge in [0, 0.05) is 0 Å². The van der Waals surface area contributed by atoms with Crippen molar-refractivity contribution in [2.45, 2.75) is 19.1 Å². The molecule has 0 spiro atoms. The van der Waals surface area contributed by atoms with Gasteiger partial charge in [0.05, 0.1) is 32.5 Å². The Balaban J connectivity index is 2.27. The lowest BCUT2D eigenvalue weighted by atomic mass is 10.2. The van der Waals surface area contributed by atoms with Crippen LogP contribution in [-0.2, 0) is 16.1 Å². The number of nitrogens with zero attached hydrogens (tertiary/aromatic N) is 1. The van der Waals surface area contributed by atoms with E-state index in [1.165, 1.54) is 0 Å². The molecule has 0 saturated carbocycles. The summed E-state index contributed by atoms with van der Waals surface area (Å²) in [5, 5.41) is 2.84. The van der Waals surface area contributed by atoms with E-state index in [2.05, 4.69) is 11.8 Å². The number of benzene rings is 1. The van der Waals surface area contributed by atoms with Crippen LogP contribution in [0.5, 0.6) is 0 Å². The first-order chi connectivity index (χ1) is 8.86. The summed E-state index contributed by atoms with van der Waals surface area (Å²) in [6.07, 6.45) is 2.15. The normalized spacial score (nSPS) is 12.0. The zero-order valence-corrected chi connectivity index (χ0v) is 10.5. The molecule has 1 atom stereocenters. The molecule has 0 N–H and O–H groups in total. The topological polar surface area (TPSA) is 47.9 Å². The number of hydrogen-bond acceptors (Lipinski definition) is 4. The minimum Gasteiger partial charge on any atom is -0.374 e. The molecule has 0 heterocycles. The monoisotopic (exact) mass is 249 g/mol. The van der Waals surface area contributed by atoms with Gasteiger partial charge in [-0.15, -0.1) is 6.58 Å². The Morgan fingerprint density at radius 3 is 2.78 bits per heavy atom. The van der Waals surface area contributed by atoms with Crippen LogP contribution in [-0.4, -0.2) is 25.9 Å². The van der Waals surface area contributed by atoms with Gasteiger partial charge >= 0.3 is 0 Å². The van der Waals surface area contributed by atoms with Gasteiger partial charge in [-0.3, -0.25) is 0 Å². The molecule has 1 unspecified atom stereocenters. The molecule has 0 radical (unpaired) electrons. The fraction of sp³-hybridized carbons (Fsp3) is 0.429. The van der Waals surface area contributed by atoms with Gasteiger partial charge in [-0.05, 0) is 12.0 Å². The molecular weight excluding hydrogens is 230 g/mol. The third kappa shape index (κ3) is 6.27. The zero-order valence-electron chi connectivity index (χ0n) is 10.5. The first-order valence-electron chi connectivity index (χ1n) is 6.00. The summed E-state index contributed by atoms with van der Waals surface area (Å²) in [5.74, 6) is 0. The van der Waals surface area contributed by atoms with Gasteiger partial charge in [-0.1, -0.05) is 41.6 Å². The van der Waals surface area contributed by atoms with Crippen molar-refractivity contribution in [2.24, 2.45) is 5.18 Å². The highest BCUT2D eigenvalue weighted by Crippen LogP contribution is 2.05. The van der Waals surface area contributed by atoms with Crippen molar-refractivity contribution in [3.63, 3.8) is 0 Å². The predicted octanol–water partition coefficient (Wildman–Crippen LogP) is 2.93. The molecule has 4 nitrogen and oxygen atoms in total. The second-order valence-corrected chi connectivity index (χ2v) is 3.89. The summed E-state index contributed by atoms with van der Waals surface area (Å²) in [5.41, 5.74) is 1.12. The quantitative estimate of drug-likeness (QED) is 0.473. The number of hydrogen-bond donors (Lipinski definition) is 0. The van der Waals surface area contributed by atoms with E-state index in [1.807, 2.05) is 30.3 Å². The van der Waals surface area contributed by atoms with Gasteiger partial charge in [0.2, 0.25) is 0 Å². The molecule has 0 aliphatic rings. The van der Waals surface area contributed by atoms with Crippen LogP contribution in [0.2, 0.25) is 0 Å². The minimum atomic E-state index is -0.107. The van der Waals surface area contributed by atoms with Crippen LogP contribution in [0, 0.1) is 4.91 Å². The fourth-order valence-corrected chi connectivity index (χ4v) is 1.50. The van der Waals surface area contributed by atoms with E-state index in [0.29, 0.717) is 26.2 Å². The molecule has 0 saturated heterocycles. The first-order valence-corrected chi connectivity index (χ1v) is 6.00. The highest BCUT2D eigenvalue weighted by atomic mass is 16.5. The smallest absolute Gasteiger partial charge is 0.0836 e. The SMILES string of the molecule is C=CCOC(CCN=O)COCc1ccccc1. The lowest BCUT2D eigenvalue weighted by Crippen LogP contribution is -2.21. The lowest BCUT2D eigenvalue weighted by molar-refractivity contribution is -0.0138. The van der Waals surface area contributed by atoms with Crippen molar-refractivity contribution >= 4 is 0 Å². The van der Waals surface area contributed by atoms with E-state index < -0.39 is 0 Å². The summed E-state index contributed by atoms with van der Waals surface area (Å²) in [6.45, 7) is 5.29. The fourth-order valence-electron chi connectivity index (χ4n) is 1.50. The van der Waals surface area contributed by atoms with Gasteiger partial charge in [0.15, 0.2) is 0 Å². The maximum atomic E-state index is 10.1.